The highest BCUT2D eigenvalue weighted by molar-refractivity contribution is 7.15. The number of carbonyl (C=O) groups excluding carboxylic acids is 2. The molecule has 6 heteroatoms. The summed E-state index contributed by atoms with van der Waals surface area (Å²) < 4.78 is 0. The Balaban J connectivity index is 2.01. The van der Waals surface area contributed by atoms with Crippen LogP contribution in [-0.2, 0) is 11.3 Å². The molecule has 0 bridgehead atoms. The third-order valence-electron chi connectivity index (χ3n) is 4.31. The summed E-state index contributed by atoms with van der Waals surface area (Å²) in [5.41, 5.74) is 7.72. The highest BCUT2D eigenvalue weighted by Gasteiger charge is 2.29. The predicted octanol–water partition coefficient (Wildman–Crippen LogP) is 3.63. The van der Waals surface area contributed by atoms with Crippen LogP contribution in [0.1, 0.15) is 28.0 Å². The molecule has 3 rings (SSSR count). The topological polar surface area (TPSA) is 76.3 Å². The van der Waals surface area contributed by atoms with Crippen LogP contribution in [0, 0.1) is 6.92 Å². The number of primary amides is 1. The van der Waals surface area contributed by atoms with E-state index in [0.717, 1.165) is 21.0 Å². The Bertz CT molecular complexity index is 939. The van der Waals surface area contributed by atoms with Crippen LogP contribution in [0.5, 0.6) is 0 Å². The lowest BCUT2D eigenvalue weighted by Crippen LogP contribution is -2.45. The van der Waals surface area contributed by atoms with Crippen LogP contribution < -0.4 is 5.73 Å². The maximum atomic E-state index is 13.4. The summed E-state index contributed by atoms with van der Waals surface area (Å²) in [5, 5.41) is 0.795. The third kappa shape index (κ3) is 4.23. The summed E-state index contributed by atoms with van der Waals surface area (Å²) in [7, 11) is 0. The van der Waals surface area contributed by atoms with Gasteiger partial charge in [0.2, 0.25) is 5.91 Å². The summed E-state index contributed by atoms with van der Waals surface area (Å²) in [6.07, 6.45) is 0. The largest absolute Gasteiger partial charge is 0.368 e. The van der Waals surface area contributed by atoms with Crippen molar-refractivity contribution in [2.45, 2.75) is 26.4 Å². The zero-order valence-electron chi connectivity index (χ0n) is 15.3. The molecule has 0 fully saturated rings. The molecule has 5 nitrogen and oxygen atoms in total. The van der Waals surface area contributed by atoms with E-state index in [9.17, 15) is 9.59 Å². The van der Waals surface area contributed by atoms with Gasteiger partial charge in [-0.25, -0.2) is 4.98 Å². The van der Waals surface area contributed by atoms with E-state index in [2.05, 4.69) is 4.98 Å². The van der Waals surface area contributed by atoms with Gasteiger partial charge in [-0.05, 0) is 25.0 Å². The molecule has 0 radical (unpaired) electrons. The monoisotopic (exact) mass is 379 g/mol. The van der Waals surface area contributed by atoms with E-state index < -0.39 is 11.9 Å². The Kier molecular flexibility index (Phi) is 5.66. The van der Waals surface area contributed by atoms with E-state index in [-0.39, 0.29) is 12.5 Å². The van der Waals surface area contributed by atoms with E-state index in [0.29, 0.717) is 5.69 Å². The van der Waals surface area contributed by atoms with Gasteiger partial charge < -0.3 is 10.6 Å². The maximum absolute atomic E-state index is 13.4. The fourth-order valence-corrected chi connectivity index (χ4v) is 3.73. The first-order valence-corrected chi connectivity index (χ1v) is 9.46. The number of amides is 2. The van der Waals surface area contributed by atoms with Gasteiger partial charge in [0.15, 0.2) is 0 Å². The van der Waals surface area contributed by atoms with E-state index in [1.165, 1.54) is 16.2 Å². The lowest BCUT2D eigenvalue weighted by Gasteiger charge is -2.27. The molecule has 1 atom stereocenters. The highest BCUT2D eigenvalue weighted by atomic mass is 32.1. The minimum atomic E-state index is -0.747. The molecule has 0 saturated carbocycles. The molecular weight excluding hydrogens is 358 g/mol. The summed E-state index contributed by atoms with van der Waals surface area (Å²) in [5.74, 6) is -0.846. The Morgan fingerprint density at radius 2 is 1.67 bits per heavy atom. The van der Waals surface area contributed by atoms with Crippen LogP contribution in [-0.4, -0.2) is 27.7 Å². The van der Waals surface area contributed by atoms with Crippen molar-refractivity contribution in [1.82, 2.24) is 9.88 Å². The second kappa shape index (κ2) is 8.14. The van der Waals surface area contributed by atoms with Gasteiger partial charge in [-0.2, -0.15) is 0 Å². The summed E-state index contributed by atoms with van der Waals surface area (Å²) >= 11 is 1.46. The first kappa shape index (κ1) is 18.8. The number of rotatable bonds is 6. The average Bonchev–Trinajstić information content (AvgIpc) is 3.08. The predicted molar refractivity (Wildman–Crippen MR) is 107 cm³/mol. The molecule has 2 aromatic carbocycles. The molecule has 1 unspecified atom stereocenters. The first-order chi connectivity index (χ1) is 13.0. The zero-order valence-corrected chi connectivity index (χ0v) is 16.1. The molecule has 1 heterocycles. The molecule has 3 aromatic rings. The molecule has 27 heavy (non-hydrogen) atoms. The van der Waals surface area contributed by atoms with Crippen molar-refractivity contribution in [3.63, 3.8) is 0 Å². The molecule has 2 amide bonds. The average molecular weight is 379 g/mol. The van der Waals surface area contributed by atoms with Crippen molar-refractivity contribution in [3.05, 3.63) is 76.9 Å². The molecule has 0 saturated heterocycles. The molecule has 0 aliphatic heterocycles. The van der Waals surface area contributed by atoms with Crippen molar-refractivity contribution in [2.75, 3.05) is 0 Å². The van der Waals surface area contributed by atoms with E-state index >= 15 is 0 Å². The molecule has 1 aromatic heterocycles. The summed E-state index contributed by atoms with van der Waals surface area (Å²) in [4.78, 5) is 32.0. The van der Waals surface area contributed by atoms with Gasteiger partial charge in [-0.15, -0.1) is 11.3 Å². The Morgan fingerprint density at radius 3 is 2.26 bits per heavy atom. The highest BCUT2D eigenvalue weighted by Crippen LogP contribution is 2.31. The van der Waals surface area contributed by atoms with Gasteiger partial charge in [0, 0.05) is 6.54 Å². The maximum Gasteiger partial charge on any atom is 0.274 e. The second-order valence-corrected chi connectivity index (χ2v) is 7.48. The van der Waals surface area contributed by atoms with Crippen LogP contribution >= 0.6 is 11.3 Å². The number of nitrogens with zero attached hydrogens (tertiary/aromatic N) is 2. The quantitative estimate of drug-likeness (QED) is 0.710. The fraction of sp³-hybridized carbons (Fsp3) is 0.190. The van der Waals surface area contributed by atoms with Crippen LogP contribution in [0.3, 0.4) is 0 Å². The van der Waals surface area contributed by atoms with Gasteiger partial charge in [-0.1, -0.05) is 60.7 Å². The normalized spacial score (nSPS) is 11.8. The van der Waals surface area contributed by atoms with E-state index in [1.54, 1.807) is 6.92 Å². The molecule has 0 aliphatic carbocycles. The van der Waals surface area contributed by atoms with E-state index in [1.807, 2.05) is 67.6 Å². The molecule has 0 aliphatic rings. The van der Waals surface area contributed by atoms with Crippen molar-refractivity contribution < 1.29 is 9.59 Å². The molecule has 0 spiro atoms. The zero-order chi connectivity index (χ0) is 19.4. The van der Waals surface area contributed by atoms with Crippen LogP contribution in [0.4, 0.5) is 0 Å². The van der Waals surface area contributed by atoms with E-state index in [4.69, 9.17) is 5.73 Å². The standard InChI is InChI=1S/C21H21N3O2S/c1-14(20(22)25)24(13-16-9-5-3-6-10-16)21(26)18-19(27-15(2)23-18)17-11-7-4-8-12-17/h3-12,14H,13H2,1-2H3,(H2,22,25). The number of benzene rings is 2. The van der Waals surface area contributed by atoms with Gasteiger partial charge in [0.05, 0.1) is 9.88 Å². The number of hydrogen-bond acceptors (Lipinski definition) is 4. The van der Waals surface area contributed by atoms with Crippen molar-refractivity contribution in [2.24, 2.45) is 5.73 Å². The number of aromatic nitrogens is 1. The molecule has 2 N–H and O–H groups in total. The van der Waals surface area contributed by atoms with Crippen molar-refractivity contribution in [1.29, 1.82) is 0 Å². The van der Waals surface area contributed by atoms with Gasteiger partial charge >= 0.3 is 0 Å². The van der Waals surface area contributed by atoms with Gasteiger partial charge in [-0.3, -0.25) is 9.59 Å². The Hall–Kier alpha value is -2.99. The second-order valence-electron chi connectivity index (χ2n) is 6.27. The molecular formula is C21H21N3O2S. The number of hydrogen-bond donors (Lipinski definition) is 1. The van der Waals surface area contributed by atoms with Crippen LogP contribution in [0.25, 0.3) is 10.4 Å². The lowest BCUT2D eigenvalue weighted by molar-refractivity contribution is -0.122. The van der Waals surface area contributed by atoms with Crippen molar-refractivity contribution >= 4 is 23.2 Å². The van der Waals surface area contributed by atoms with Crippen molar-refractivity contribution in [3.8, 4) is 10.4 Å². The third-order valence-corrected chi connectivity index (χ3v) is 5.33. The Morgan fingerprint density at radius 1 is 1.07 bits per heavy atom. The number of nitrogens with two attached hydrogens (primary N) is 1. The van der Waals surface area contributed by atoms with Gasteiger partial charge in [0.1, 0.15) is 11.7 Å². The number of thiazole rings is 1. The fourth-order valence-electron chi connectivity index (χ4n) is 2.81. The van der Waals surface area contributed by atoms with Gasteiger partial charge in [0.25, 0.3) is 5.91 Å². The van der Waals surface area contributed by atoms with Crippen LogP contribution in [0.2, 0.25) is 0 Å². The number of carbonyl (C=O) groups is 2. The molecule has 138 valence electrons. The smallest absolute Gasteiger partial charge is 0.274 e. The SMILES string of the molecule is Cc1nc(C(=O)N(Cc2ccccc2)C(C)C(N)=O)c(-c2ccccc2)s1. The summed E-state index contributed by atoms with van der Waals surface area (Å²) in [6, 6.07) is 18.5. The first-order valence-electron chi connectivity index (χ1n) is 8.64. The minimum Gasteiger partial charge on any atom is -0.368 e. The summed E-state index contributed by atoms with van der Waals surface area (Å²) in [6.45, 7) is 3.80. The number of aryl methyl sites for hydroxylation is 1. The minimum absolute atomic E-state index is 0.286. The van der Waals surface area contributed by atoms with Crippen LogP contribution in [0.15, 0.2) is 60.7 Å². The Labute approximate surface area is 162 Å². The lowest BCUT2D eigenvalue weighted by atomic mass is 10.1.